The van der Waals surface area contributed by atoms with Crippen molar-refractivity contribution in [2.45, 2.75) is 25.7 Å². The monoisotopic (exact) mass is 289 g/mol. The first kappa shape index (κ1) is 14.4. The zero-order valence-corrected chi connectivity index (χ0v) is 13.2. The van der Waals surface area contributed by atoms with Gasteiger partial charge in [-0.25, -0.2) is 0 Å². The Labute approximate surface area is 126 Å². The summed E-state index contributed by atoms with van der Waals surface area (Å²) in [4.78, 5) is 15.0. The van der Waals surface area contributed by atoms with Crippen LogP contribution in [0.4, 0.5) is 0 Å². The van der Waals surface area contributed by atoms with Crippen molar-refractivity contribution < 1.29 is 14.3 Å². The van der Waals surface area contributed by atoms with Gasteiger partial charge in [0.25, 0.3) is 0 Å². The quantitative estimate of drug-likeness (QED) is 0.857. The Balaban J connectivity index is 2.22. The highest BCUT2D eigenvalue weighted by atomic mass is 16.5. The van der Waals surface area contributed by atoms with Gasteiger partial charge in [-0.3, -0.25) is 4.79 Å². The molecule has 0 spiro atoms. The van der Waals surface area contributed by atoms with Gasteiger partial charge in [0.1, 0.15) is 11.5 Å². The van der Waals surface area contributed by atoms with Gasteiger partial charge < -0.3 is 14.4 Å². The summed E-state index contributed by atoms with van der Waals surface area (Å²) in [5.41, 5.74) is 2.91. The molecule has 114 valence electrons. The molecule has 3 rings (SSSR count). The second-order valence-corrected chi connectivity index (χ2v) is 6.12. The van der Waals surface area contributed by atoms with Gasteiger partial charge >= 0.3 is 0 Å². The van der Waals surface area contributed by atoms with Crippen LogP contribution < -0.4 is 9.47 Å². The molecule has 1 heterocycles. The summed E-state index contributed by atoms with van der Waals surface area (Å²) in [6.07, 6.45) is 1.43. The van der Waals surface area contributed by atoms with Gasteiger partial charge in [-0.1, -0.05) is 6.92 Å². The number of Topliss-reactive ketones (excluding diaryl/α,β-unsaturated/α-hetero) is 1. The molecule has 1 aromatic carbocycles. The van der Waals surface area contributed by atoms with E-state index in [1.165, 1.54) is 0 Å². The summed E-state index contributed by atoms with van der Waals surface area (Å²) >= 11 is 0. The summed E-state index contributed by atoms with van der Waals surface area (Å²) in [5, 5.41) is 0. The molecule has 2 atom stereocenters. The molecule has 0 saturated carbocycles. The van der Waals surface area contributed by atoms with E-state index in [2.05, 4.69) is 24.9 Å². The Morgan fingerprint density at radius 1 is 1.29 bits per heavy atom. The number of ketones is 1. The van der Waals surface area contributed by atoms with Crippen LogP contribution in [-0.4, -0.2) is 45.0 Å². The van der Waals surface area contributed by atoms with Crippen LogP contribution in [0.15, 0.2) is 6.07 Å². The number of carbonyl (C=O) groups excluding carboxylic acids is 1. The predicted molar refractivity (Wildman–Crippen MR) is 81.6 cm³/mol. The number of methoxy groups -OCH3 is 2. The summed E-state index contributed by atoms with van der Waals surface area (Å²) in [5.74, 6) is 2.63. The standard InChI is InChI=1S/C17H23NO3/c1-5-11-15(20-3)7-12-13-9-18(2)8-10(13)6-14(19)16(12)17(11)21-4/h7,10,13H,5-6,8-9H2,1-4H3/t10-,13+/m0/s1. The highest BCUT2D eigenvalue weighted by Crippen LogP contribution is 2.47. The molecule has 0 amide bonds. The van der Waals surface area contributed by atoms with Crippen LogP contribution in [-0.2, 0) is 6.42 Å². The lowest BCUT2D eigenvalue weighted by molar-refractivity contribution is 0.0942. The first-order valence-electron chi connectivity index (χ1n) is 7.60. The number of likely N-dealkylation sites (tertiary alicyclic amines) is 1. The van der Waals surface area contributed by atoms with E-state index in [1.807, 2.05) is 0 Å². The minimum absolute atomic E-state index is 0.218. The van der Waals surface area contributed by atoms with Crippen LogP contribution >= 0.6 is 0 Å². The van der Waals surface area contributed by atoms with E-state index in [0.717, 1.165) is 47.7 Å². The summed E-state index contributed by atoms with van der Waals surface area (Å²) in [7, 11) is 5.45. The smallest absolute Gasteiger partial charge is 0.167 e. The Bertz CT molecular complexity index is 582. The minimum Gasteiger partial charge on any atom is -0.496 e. The average molecular weight is 289 g/mol. The molecule has 0 bridgehead atoms. The van der Waals surface area contributed by atoms with Crippen molar-refractivity contribution in [1.29, 1.82) is 0 Å². The number of nitrogens with zero attached hydrogens (tertiary/aromatic N) is 1. The van der Waals surface area contributed by atoms with Crippen molar-refractivity contribution >= 4 is 5.78 Å². The maximum Gasteiger partial charge on any atom is 0.167 e. The van der Waals surface area contributed by atoms with E-state index >= 15 is 0 Å². The molecule has 1 aliphatic carbocycles. The number of carbonyl (C=O) groups is 1. The minimum atomic E-state index is 0.218. The molecule has 0 N–H and O–H groups in total. The van der Waals surface area contributed by atoms with Crippen molar-refractivity contribution in [1.82, 2.24) is 4.90 Å². The molecule has 2 aliphatic rings. The van der Waals surface area contributed by atoms with Gasteiger partial charge in [0.15, 0.2) is 5.78 Å². The lowest BCUT2D eigenvalue weighted by Crippen LogP contribution is -2.25. The molecule has 1 aromatic rings. The molecule has 0 radical (unpaired) electrons. The van der Waals surface area contributed by atoms with Crippen molar-refractivity contribution in [2.75, 3.05) is 34.4 Å². The second kappa shape index (κ2) is 5.34. The first-order chi connectivity index (χ1) is 10.1. The second-order valence-electron chi connectivity index (χ2n) is 6.12. The van der Waals surface area contributed by atoms with Crippen LogP contribution in [0.5, 0.6) is 11.5 Å². The number of ether oxygens (including phenoxy) is 2. The van der Waals surface area contributed by atoms with Crippen LogP contribution in [0.3, 0.4) is 0 Å². The normalized spacial score (nSPS) is 24.7. The van der Waals surface area contributed by atoms with Crippen LogP contribution in [0.1, 0.15) is 40.7 Å². The lowest BCUT2D eigenvalue weighted by atomic mass is 9.75. The zero-order chi connectivity index (χ0) is 15.1. The third-order valence-electron chi connectivity index (χ3n) is 4.90. The molecule has 1 saturated heterocycles. The number of benzene rings is 1. The molecule has 4 heteroatoms. The van der Waals surface area contributed by atoms with E-state index in [4.69, 9.17) is 9.47 Å². The number of hydrogen-bond acceptors (Lipinski definition) is 4. The molecule has 1 aliphatic heterocycles. The van der Waals surface area contributed by atoms with Crippen molar-refractivity contribution in [3.05, 3.63) is 22.8 Å². The van der Waals surface area contributed by atoms with Gasteiger partial charge in [0, 0.05) is 31.0 Å². The molecular weight excluding hydrogens is 266 g/mol. The highest BCUT2D eigenvalue weighted by Gasteiger charge is 2.41. The SMILES string of the molecule is CCc1c(OC)cc2c(c1OC)C(=O)C[C@H]1CN(C)C[C@@H]21. The fraction of sp³-hybridized carbons (Fsp3) is 0.588. The topological polar surface area (TPSA) is 38.8 Å². The van der Waals surface area contributed by atoms with E-state index in [1.54, 1.807) is 14.2 Å². The predicted octanol–water partition coefficient (Wildman–Crippen LogP) is 2.50. The number of fused-ring (bicyclic) bond motifs is 3. The summed E-state index contributed by atoms with van der Waals surface area (Å²) < 4.78 is 11.2. The largest absolute Gasteiger partial charge is 0.496 e. The fourth-order valence-corrected chi connectivity index (χ4v) is 4.00. The van der Waals surface area contributed by atoms with Crippen LogP contribution in [0, 0.1) is 5.92 Å². The Morgan fingerprint density at radius 2 is 2.05 bits per heavy atom. The summed E-state index contributed by atoms with van der Waals surface area (Å²) in [6, 6.07) is 2.07. The molecular formula is C17H23NO3. The van der Waals surface area contributed by atoms with Gasteiger partial charge in [-0.2, -0.15) is 0 Å². The Morgan fingerprint density at radius 3 is 2.67 bits per heavy atom. The van der Waals surface area contributed by atoms with Gasteiger partial charge in [-0.15, -0.1) is 0 Å². The van der Waals surface area contributed by atoms with E-state index in [-0.39, 0.29) is 5.78 Å². The molecule has 1 fully saturated rings. The first-order valence-corrected chi connectivity index (χ1v) is 7.60. The van der Waals surface area contributed by atoms with Crippen molar-refractivity contribution in [2.24, 2.45) is 5.92 Å². The maximum atomic E-state index is 12.6. The van der Waals surface area contributed by atoms with Crippen LogP contribution in [0.25, 0.3) is 0 Å². The molecule has 0 unspecified atom stereocenters. The highest BCUT2D eigenvalue weighted by molar-refractivity contribution is 6.02. The average Bonchev–Trinajstić information content (AvgIpc) is 2.85. The van der Waals surface area contributed by atoms with E-state index < -0.39 is 0 Å². The number of rotatable bonds is 3. The summed E-state index contributed by atoms with van der Waals surface area (Å²) in [6.45, 7) is 4.06. The van der Waals surface area contributed by atoms with Gasteiger partial charge in [0.05, 0.1) is 19.8 Å². The maximum absolute atomic E-state index is 12.6. The van der Waals surface area contributed by atoms with Gasteiger partial charge in [0.2, 0.25) is 0 Å². The van der Waals surface area contributed by atoms with Crippen LogP contribution in [0.2, 0.25) is 0 Å². The molecule has 0 aromatic heterocycles. The third-order valence-corrected chi connectivity index (χ3v) is 4.90. The third kappa shape index (κ3) is 2.13. The van der Waals surface area contributed by atoms with E-state index in [9.17, 15) is 4.79 Å². The van der Waals surface area contributed by atoms with Crippen molar-refractivity contribution in [3.63, 3.8) is 0 Å². The van der Waals surface area contributed by atoms with Crippen molar-refractivity contribution in [3.8, 4) is 11.5 Å². The van der Waals surface area contributed by atoms with E-state index in [0.29, 0.717) is 18.3 Å². The molecule has 21 heavy (non-hydrogen) atoms. The zero-order valence-electron chi connectivity index (χ0n) is 13.2. The fourth-order valence-electron chi connectivity index (χ4n) is 4.00. The van der Waals surface area contributed by atoms with Gasteiger partial charge in [-0.05, 0) is 31.0 Å². The Hall–Kier alpha value is -1.55. The number of likely N-dealkylation sites (N-methyl/N-ethyl adjacent to an activating group) is 1. The molecule has 4 nitrogen and oxygen atoms in total. The Kier molecular flexibility index (Phi) is 3.66. The lowest BCUT2D eigenvalue weighted by Gasteiger charge is -2.29. The number of hydrogen-bond donors (Lipinski definition) is 0.